The van der Waals surface area contributed by atoms with Gasteiger partial charge in [0, 0.05) is 38.3 Å². The lowest BCUT2D eigenvalue weighted by Crippen LogP contribution is -2.43. The van der Waals surface area contributed by atoms with Crippen molar-refractivity contribution in [3.63, 3.8) is 0 Å². The molecular weight excluding hydrogens is 398 g/mol. The third-order valence-electron chi connectivity index (χ3n) is 5.24. The number of nitrogens with one attached hydrogen (secondary N) is 2. The van der Waals surface area contributed by atoms with Gasteiger partial charge in [-0.15, -0.1) is 0 Å². The quantitative estimate of drug-likeness (QED) is 0.571. The lowest BCUT2D eigenvalue weighted by atomic mass is 9.96. The Morgan fingerprint density at radius 2 is 1.90 bits per heavy atom. The Morgan fingerprint density at radius 3 is 2.57 bits per heavy atom. The molecule has 1 aliphatic rings. The van der Waals surface area contributed by atoms with Crippen LogP contribution in [0.4, 0.5) is 0 Å². The SMILES string of the molecule is CSCCC(NC(=O)c1ccc(CN2CCNCC2)cc1-c1ccccc1)C(=O)O. The van der Waals surface area contributed by atoms with E-state index in [-0.39, 0.29) is 5.91 Å². The number of hydrogen-bond acceptors (Lipinski definition) is 5. The number of carboxylic acid groups (broad SMARTS) is 1. The average Bonchev–Trinajstić information content (AvgIpc) is 2.77. The molecule has 0 radical (unpaired) electrons. The van der Waals surface area contributed by atoms with Crippen LogP contribution in [-0.2, 0) is 11.3 Å². The van der Waals surface area contributed by atoms with Gasteiger partial charge in [-0.3, -0.25) is 9.69 Å². The molecule has 2 aromatic carbocycles. The number of amides is 1. The average molecular weight is 428 g/mol. The molecule has 7 heteroatoms. The van der Waals surface area contributed by atoms with Gasteiger partial charge in [-0.05, 0) is 47.3 Å². The highest BCUT2D eigenvalue weighted by atomic mass is 32.2. The standard InChI is InChI=1S/C23H29N3O3S/c1-30-14-9-21(23(28)29)25-22(27)19-8-7-17(16-26-12-10-24-11-13-26)15-20(19)18-5-3-2-4-6-18/h2-8,15,21,24H,9-14,16H2,1H3,(H,25,27)(H,28,29). The number of thioether (sulfide) groups is 1. The largest absolute Gasteiger partial charge is 0.480 e. The maximum atomic E-state index is 13.0. The van der Waals surface area contributed by atoms with E-state index in [1.165, 1.54) is 0 Å². The summed E-state index contributed by atoms with van der Waals surface area (Å²) in [5.74, 6) is -0.683. The number of hydrogen-bond donors (Lipinski definition) is 3. The Morgan fingerprint density at radius 1 is 1.17 bits per heavy atom. The van der Waals surface area contributed by atoms with Crippen LogP contribution in [-0.4, -0.2) is 66.1 Å². The smallest absolute Gasteiger partial charge is 0.326 e. The summed E-state index contributed by atoms with van der Waals surface area (Å²) in [5.41, 5.74) is 3.42. The van der Waals surface area contributed by atoms with Crippen LogP contribution in [0.25, 0.3) is 11.1 Å². The van der Waals surface area contributed by atoms with E-state index in [0.717, 1.165) is 49.4 Å². The topological polar surface area (TPSA) is 81.7 Å². The first-order valence-electron chi connectivity index (χ1n) is 10.2. The van der Waals surface area contributed by atoms with Gasteiger partial charge in [0.1, 0.15) is 6.04 Å². The van der Waals surface area contributed by atoms with Crippen LogP contribution in [0, 0.1) is 0 Å². The molecule has 3 N–H and O–H groups in total. The normalized spacial score (nSPS) is 15.5. The minimum absolute atomic E-state index is 0.351. The Bertz CT molecular complexity index is 854. The number of carbonyl (C=O) groups is 2. The van der Waals surface area contributed by atoms with Crippen molar-refractivity contribution in [1.29, 1.82) is 0 Å². The molecule has 0 aromatic heterocycles. The minimum Gasteiger partial charge on any atom is -0.480 e. The van der Waals surface area contributed by atoms with Crippen molar-refractivity contribution in [2.75, 3.05) is 38.2 Å². The minimum atomic E-state index is -1.01. The van der Waals surface area contributed by atoms with E-state index in [1.54, 1.807) is 11.8 Å². The number of aliphatic carboxylic acids is 1. The molecule has 6 nitrogen and oxygen atoms in total. The Balaban J connectivity index is 1.86. The number of nitrogens with zero attached hydrogens (tertiary/aromatic N) is 1. The van der Waals surface area contributed by atoms with Crippen molar-refractivity contribution in [2.24, 2.45) is 0 Å². The van der Waals surface area contributed by atoms with Gasteiger partial charge in [0.2, 0.25) is 0 Å². The van der Waals surface area contributed by atoms with Crippen molar-refractivity contribution in [3.8, 4) is 11.1 Å². The summed E-state index contributed by atoms with van der Waals surface area (Å²) in [6.45, 7) is 4.80. The third-order valence-corrected chi connectivity index (χ3v) is 5.89. The molecule has 1 amide bonds. The number of rotatable bonds is 9. The Labute approximate surface area is 182 Å². The Hall–Kier alpha value is -2.35. The highest BCUT2D eigenvalue weighted by Gasteiger charge is 2.22. The maximum Gasteiger partial charge on any atom is 0.326 e. The number of piperazine rings is 1. The predicted octanol–water partition coefficient (Wildman–Crippen LogP) is 2.69. The van der Waals surface area contributed by atoms with Crippen LogP contribution in [0.3, 0.4) is 0 Å². The lowest BCUT2D eigenvalue weighted by Gasteiger charge is -2.27. The fraction of sp³-hybridized carbons (Fsp3) is 0.391. The highest BCUT2D eigenvalue weighted by molar-refractivity contribution is 7.98. The van der Waals surface area contributed by atoms with Crippen molar-refractivity contribution in [1.82, 2.24) is 15.5 Å². The Kier molecular flexibility index (Phi) is 8.30. The van der Waals surface area contributed by atoms with Crippen molar-refractivity contribution in [2.45, 2.75) is 19.0 Å². The third kappa shape index (κ3) is 6.08. The molecule has 2 aromatic rings. The number of benzene rings is 2. The van der Waals surface area contributed by atoms with E-state index < -0.39 is 12.0 Å². The van der Waals surface area contributed by atoms with E-state index in [4.69, 9.17) is 0 Å². The first kappa shape index (κ1) is 22.3. The number of carboxylic acids is 1. The van der Waals surface area contributed by atoms with Gasteiger partial charge in [-0.25, -0.2) is 4.79 Å². The first-order valence-corrected chi connectivity index (χ1v) is 11.6. The molecule has 1 heterocycles. The summed E-state index contributed by atoms with van der Waals surface area (Å²) in [5, 5.41) is 15.5. The lowest BCUT2D eigenvalue weighted by molar-refractivity contribution is -0.139. The number of carbonyl (C=O) groups excluding carboxylic acids is 1. The summed E-state index contributed by atoms with van der Waals surface area (Å²) in [7, 11) is 0. The summed E-state index contributed by atoms with van der Waals surface area (Å²) < 4.78 is 0. The van der Waals surface area contributed by atoms with Crippen LogP contribution >= 0.6 is 11.8 Å². The molecule has 30 heavy (non-hydrogen) atoms. The van der Waals surface area contributed by atoms with E-state index in [2.05, 4.69) is 21.6 Å². The van der Waals surface area contributed by atoms with Crippen LogP contribution in [0.5, 0.6) is 0 Å². The first-order chi connectivity index (χ1) is 14.6. The van der Waals surface area contributed by atoms with Gasteiger partial charge in [0.25, 0.3) is 5.91 Å². The van der Waals surface area contributed by atoms with Crippen LogP contribution < -0.4 is 10.6 Å². The van der Waals surface area contributed by atoms with Crippen molar-refractivity contribution < 1.29 is 14.7 Å². The molecule has 0 aliphatic carbocycles. The van der Waals surface area contributed by atoms with Gasteiger partial charge < -0.3 is 15.7 Å². The molecule has 1 aliphatic heterocycles. The molecule has 0 spiro atoms. The monoisotopic (exact) mass is 427 g/mol. The van der Waals surface area contributed by atoms with Crippen LogP contribution in [0.2, 0.25) is 0 Å². The van der Waals surface area contributed by atoms with Gasteiger partial charge in [0.05, 0.1) is 0 Å². The second kappa shape index (κ2) is 11.2. The predicted molar refractivity (Wildman–Crippen MR) is 122 cm³/mol. The molecule has 1 fully saturated rings. The van der Waals surface area contributed by atoms with Crippen molar-refractivity contribution in [3.05, 3.63) is 59.7 Å². The van der Waals surface area contributed by atoms with Gasteiger partial charge in [-0.2, -0.15) is 11.8 Å². The molecule has 0 bridgehead atoms. The molecule has 160 valence electrons. The van der Waals surface area contributed by atoms with E-state index in [1.807, 2.05) is 48.7 Å². The molecular formula is C23H29N3O3S. The molecule has 1 saturated heterocycles. The zero-order valence-corrected chi connectivity index (χ0v) is 18.1. The maximum absolute atomic E-state index is 13.0. The van der Waals surface area contributed by atoms with Crippen LogP contribution in [0.15, 0.2) is 48.5 Å². The van der Waals surface area contributed by atoms with E-state index >= 15 is 0 Å². The summed E-state index contributed by atoms with van der Waals surface area (Å²) >= 11 is 1.56. The molecule has 1 atom stereocenters. The summed E-state index contributed by atoms with van der Waals surface area (Å²) in [4.78, 5) is 27.0. The zero-order valence-electron chi connectivity index (χ0n) is 17.3. The van der Waals surface area contributed by atoms with Crippen LogP contribution in [0.1, 0.15) is 22.3 Å². The van der Waals surface area contributed by atoms with E-state index in [9.17, 15) is 14.7 Å². The van der Waals surface area contributed by atoms with E-state index in [0.29, 0.717) is 17.7 Å². The zero-order chi connectivity index (χ0) is 21.3. The van der Waals surface area contributed by atoms with Crippen molar-refractivity contribution >= 4 is 23.6 Å². The summed E-state index contributed by atoms with van der Waals surface area (Å²) in [6.07, 6.45) is 2.31. The summed E-state index contributed by atoms with van der Waals surface area (Å²) in [6, 6.07) is 14.7. The van der Waals surface area contributed by atoms with Gasteiger partial charge in [-0.1, -0.05) is 36.4 Å². The van der Waals surface area contributed by atoms with Gasteiger partial charge >= 0.3 is 5.97 Å². The molecule has 1 unspecified atom stereocenters. The fourth-order valence-corrected chi connectivity index (χ4v) is 4.07. The fourth-order valence-electron chi connectivity index (χ4n) is 3.60. The molecule has 3 rings (SSSR count). The van der Waals surface area contributed by atoms with Gasteiger partial charge in [0.15, 0.2) is 0 Å². The highest BCUT2D eigenvalue weighted by Crippen LogP contribution is 2.26. The second-order valence-electron chi connectivity index (χ2n) is 7.42. The second-order valence-corrected chi connectivity index (χ2v) is 8.40. The molecule has 0 saturated carbocycles.